The fourth-order valence-electron chi connectivity index (χ4n) is 1.41. The summed E-state index contributed by atoms with van der Waals surface area (Å²) in [7, 11) is 0. The molecule has 1 aliphatic carbocycles. The Morgan fingerprint density at radius 2 is 1.70 bits per heavy atom. The van der Waals surface area contributed by atoms with Gasteiger partial charge in [-0.25, -0.2) is 0 Å². The third-order valence-corrected chi connectivity index (χ3v) is 3.07. The zero-order valence-corrected chi connectivity index (χ0v) is 7.87. The van der Waals surface area contributed by atoms with Gasteiger partial charge in [-0.3, -0.25) is 0 Å². The third-order valence-electron chi connectivity index (χ3n) is 2.12. The van der Waals surface area contributed by atoms with Crippen molar-refractivity contribution in [1.29, 1.82) is 0 Å². The molecule has 0 heterocycles. The number of rotatable bonds is 0. The summed E-state index contributed by atoms with van der Waals surface area (Å²) in [6.45, 7) is 0. The Bertz CT molecular complexity index is 83.3. The van der Waals surface area contributed by atoms with Crippen LogP contribution in [0.5, 0.6) is 0 Å². The van der Waals surface area contributed by atoms with Crippen LogP contribution in [0.25, 0.3) is 0 Å². The summed E-state index contributed by atoms with van der Waals surface area (Å²) < 4.78 is 0. The van der Waals surface area contributed by atoms with Crippen molar-refractivity contribution in [3.8, 4) is 0 Å². The summed E-state index contributed by atoms with van der Waals surface area (Å²) >= 11 is 10.5. The first-order valence-electron chi connectivity index (χ1n) is 4.11. The number of thiol groups is 1. The van der Waals surface area contributed by atoms with E-state index >= 15 is 0 Å². The lowest BCUT2D eigenvalue weighted by Gasteiger charge is -2.17. The van der Waals surface area contributed by atoms with E-state index in [1.807, 2.05) is 0 Å². The largest absolute Gasteiger partial charge is 0.176 e. The van der Waals surface area contributed by atoms with E-state index < -0.39 is 0 Å². The molecule has 0 aromatic rings. The molecule has 0 saturated heterocycles. The standard InChI is InChI=1S/C8H15ClS/c9-7-3-1-2-4-8(10)6-5-7/h7-8,10H,1-6H2. The Balaban J connectivity index is 2.23. The van der Waals surface area contributed by atoms with Crippen LogP contribution >= 0.6 is 24.2 Å². The van der Waals surface area contributed by atoms with E-state index in [0.29, 0.717) is 10.6 Å². The van der Waals surface area contributed by atoms with Gasteiger partial charge >= 0.3 is 0 Å². The highest BCUT2D eigenvalue weighted by molar-refractivity contribution is 7.80. The molecule has 0 aromatic carbocycles. The summed E-state index contributed by atoms with van der Waals surface area (Å²) in [6.07, 6.45) is 7.48. The van der Waals surface area contributed by atoms with Gasteiger partial charge in [0.15, 0.2) is 0 Å². The fourth-order valence-corrected chi connectivity index (χ4v) is 2.02. The molecule has 0 spiro atoms. The smallest absolute Gasteiger partial charge is 0.0336 e. The van der Waals surface area contributed by atoms with E-state index in [-0.39, 0.29) is 0 Å². The van der Waals surface area contributed by atoms with E-state index in [1.54, 1.807) is 0 Å². The topological polar surface area (TPSA) is 0 Å². The van der Waals surface area contributed by atoms with E-state index in [0.717, 1.165) is 6.42 Å². The van der Waals surface area contributed by atoms with Gasteiger partial charge in [-0.2, -0.15) is 12.6 Å². The van der Waals surface area contributed by atoms with Crippen LogP contribution in [-0.2, 0) is 0 Å². The Kier molecular flexibility index (Phi) is 3.93. The van der Waals surface area contributed by atoms with Crippen molar-refractivity contribution in [1.82, 2.24) is 0 Å². The predicted molar refractivity (Wildman–Crippen MR) is 50.1 cm³/mol. The van der Waals surface area contributed by atoms with Gasteiger partial charge in [-0.1, -0.05) is 12.8 Å². The first kappa shape index (κ1) is 8.73. The van der Waals surface area contributed by atoms with Crippen LogP contribution in [0.1, 0.15) is 38.5 Å². The Labute approximate surface area is 73.7 Å². The molecule has 1 fully saturated rings. The number of hydrogen-bond acceptors (Lipinski definition) is 1. The van der Waals surface area contributed by atoms with Crippen molar-refractivity contribution in [2.45, 2.75) is 49.2 Å². The van der Waals surface area contributed by atoms with Gasteiger partial charge in [0.05, 0.1) is 0 Å². The molecule has 0 bridgehead atoms. The van der Waals surface area contributed by atoms with Crippen molar-refractivity contribution in [2.24, 2.45) is 0 Å². The van der Waals surface area contributed by atoms with E-state index in [4.69, 9.17) is 11.6 Å². The fraction of sp³-hybridized carbons (Fsp3) is 1.00. The molecular weight excluding hydrogens is 164 g/mol. The van der Waals surface area contributed by atoms with Crippen LogP contribution in [0, 0.1) is 0 Å². The minimum absolute atomic E-state index is 0.426. The summed E-state index contributed by atoms with van der Waals surface area (Å²) in [4.78, 5) is 0. The lowest BCUT2D eigenvalue weighted by molar-refractivity contribution is 0.519. The molecule has 1 aliphatic rings. The van der Waals surface area contributed by atoms with Gasteiger partial charge in [0.25, 0.3) is 0 Å². The van der Waals surface area contributed by atoms with Gasteiger partial charge in [0.1, 0.15) is 0 Å². The summed E-state index contributed by atoms with van der Waals surface area (Å²) in [5, 5.41) is 1.04. The minimum atomic E-state index is 0.426. The summed E-state index contributed by atoms with van der Waals surface area (Å²) in [6, 6.07) is 0. The second-order valence-electron chi connectivity index (χ2n) is 3.11. The molecule has 0 nitrogen and oxygen atoms in total. The van der Waals surface area contributed by atoms with E-state index in [1.165, 1.54) is 32.1 Å². The zero-order chi connectivity index (χ0) is 7.40. The maximum atomic E-state index is 6.02. The van der Waals surface area contributed by atoms with E-state index in [2.05, 4.69) is 12.6 Å². The molecular formula is C8H15ClS. The number of alkyl halides is 1. The number of hydrogen-bond donors (Lipinski definition) is 1. The predicted octanol–water partition coefficient (Wildman–Crippen LogP) is 3.25. The Morgan fingerprint density at radius 3 is 2.50 bits per heavy atom. The molecule has 0 amide bonds. The second-order valence-corrected chi connectivity index (χ2v) is 4.46. The molecule has 0 aliphatic heterocycles. The lowest BCUT2D eigenvalue weighted by atomic mass is 10.0. The monoisotopic (exact) mass is 178 g/mol. The van der Waals surface area contributed by atoms with Crippen molar-refractivity contribution in [3.05, 3.63) is 0 Å². The highest BCUT2D eigenvalue weighted by Gasteiger charge is 2.12. The van der Waals surface area contributed by atoms with Crippen LogP contribution in [-0.4, -0.2) is 10.6 Å². The first-order chi connectivity index (χ1) is 4.79. The van der Waals surface area contributed by atoms with Gasteiger partial charge < -0.3 is 0 Å². The van der Waals surface area contributed by atoms with Gasteiger partial charge in [0, 0.05) is 10.6 Å². The van der Waals surface area contributed by atoms with Crippen molar-refractivity contribution >= 4 is 24.2 Å². The van der Waals surface area contributed by atoms with Crippen LogP contribution in [0.3, 0.4) is 0 Å². The molecule has 1 rings (SSSR count). The van der Waals surface area contributed by atoms with Crippen LogP contribution in [0.4, 0.5) is 0 Å². The van der Waals surface area contributed by atoms with Crippen molar-refractivity contribution < 1.29 is 0 Å². The number of halogens is 1. The summed E-state index contributed by atoms with van der Waals surface area (Å²) in [5.41, 5.74) is 0. The summed E-state index contributed by atoms with van der Waals surface area (Å²) in [5.74, 6) is 0. The average molecular weight is 179 g/mol. The molecule has 0 aromatic heterocycles. The van der Waals surface area contributed by atoms with Crippen LogP contribution < -0.4 is 0 Å². The second kappa shape index (κ2) is 4.50. The molecule has 60 valence electrons. The van der Waals surface area contributed by atoms with Gasteiger partial charge in [-0.15, -0.1) is 11.6 Å². The van der Waals surface area contributed by atoms with Crippen LogP contribution in [0.2, 0.25) is 0 Å². The molecule has 2 heteroatoms. The Morgan fingerprint density at radius 1 is 1.00 bits per heavy atom. The Hall–Kier alpha value is 0.640. The third kappa shape index (κ3) is 3.16. The normalized spacial score (nSPS) is 36.6. The quantitative estimate of drug-likeness (QED) is 0.427. The van der Waals surface area contributed by atoms with Crippen LogP contribution in [0.15, 0.2) is 0 Å². The van der Waals surface area contributed by atoms with Crippen molar-refractivity contribution in [3.63, 3.8) is 0 Å². The van der Waals surface area contributed by atoms with E-state index in [9.17, 15) is 0 Å². The van der Waals surface area contributed by atoms with Gasteiger partial charge in [-0.05, 0) is 25.7 Å². The zero-order valence-electron chi connectivity index (χ0n) is 6.22. The van der Waals surface area contributed by atoms with Gasteiger partial charge in [0.2, 0.25) is 0 Å². The maximum absolute atomic E-state index is 6.02. The lowest BCUT2D eigenvalue weighted by Crippen LogP contribution is -2.09. The SMILES string of the molecule is SC1CCCCC(Cl)CC1. The molecule has 2 unspecified atom stereocenters. The molecule has 0 N–H and O–H groups in total. The van der Waals surface area contributed by atoms with Crippen molar-refractivity contribution in [2.75, 3.05) is 0 Å². The first-order valence-corrected chi connectivity index (χ1v) is 5.06. The highest BCUT2D eigenvalue weighted by atomic mass is 35.5. The molecule has 2 atom stereocenters. The molecule has 1 saturated carbocycles. The molecule has 0 radical (unpaired) electrons. The molecule has 10 heavy (non-hydrogen) atoms. The maximum Gasteiger partial charge on any atom is 0.0336 e. The average Bonchev–Trinajstić information content (AvgIpc) is 1.90. The highest BCUT2D eigenvalue weighted by Crippen LogP contribution is 2.23. The minimum Gasteiger partial charge on any atom is -0.176 e.